The molecule has 0 saturated carbocycles. The molecule has 0 bridgehead atoms. The second-order valence-electron chi connectivity index (χ2n) is 7.61. The summed E-state index contributed by atoms with van der Waals surface area (Å²) in [7, 11) is 0. The molecule has 0 radical (unpaired) electrons. The van der Waals surface area contributed by atoms with Gasteiger partial charge >= 0.3 is 0 Å². The smallest absolute Gasteiger partial charge is 0.255 e. The van der Waals surface area contributed by atoms with Crippen LogP contribution in [0.25, 0.3) is 0 Å². The van der Waals surface area contributed by atoms with Crippen molar-refractivity contribution in [1.82, 2.24) is 10.3 Å². The van der Waals surface area contributed by atoms with E-state index in [1.54, 1.807) is 30.5 Å². The van der Waals surface area contributed by atoms with Gasteiger partial charge in [-0.15, -0.1) is 0 Å². The van der Waals surface area contributed by atoms with Crippen molar-refractivity contribution in [3.8, 4) is 0 Å². The summed E-state index contributed by atoms with van der Waals surface area (Å²) < 4.78 is 0. The highest BCUT2D eigenvalue weighted by atomic mass is 35.5. The minimum atomic E-state index is -0.565. The highest BCUT2D eigenvalue weighted by Crippen LogP contribution is 2.44. The first-order valence-electron chi connectivity index (χ1n) is 9.78. The Morgan fingerprint density at radius 1 is 1.17 bits per heavy atom. The van der Waals surface area contributed by atoms with Gasteiger partial charge in [0.05, 0.1) is 0 Å². The molecule has 1 aromatic carbocycles. The SMILES string of the molecule is CC1=C(C(=O)Nc2ccc(C)cn2)C(c2ccc(Cl)cc2Cl)C2=C(CCCC2=O)N1. The van der Waals surface area contributed by atoms with Gasteiger partial charge in [-0.3, -0.25) is 9.59 Å². The number of nitrogens with one attached hydrogen (secondary N) is 2. The van der Waals surface area contributed by atoms with Crippen LogP contribution < -0.4 is 10.6 Å². The molecular formula is C23H21Cl2N3O2. The molecule has 1 atom stereocenters. The topological polar surface area (TPSA) is 71.1 Å². The van der Waals surface area contributed by atoms with E-state index in [2.05, 4.69) is 15.6 Å². The van der Waals surface area contributed by atoms with Crippen molar-refractivity contribution in [3.63, 3.8) is 0 Å². The molecule has 1 unspecified atom stereocenters. The molecule has 2 heterocycles. The molecule has 1 amide bonds. The molecule has 0 saturated heterocycles. The molecular weight excluding hydrogens is 421 g/mol. The number of benzene rings is 1. The summed E-state index contributed by atoms with van der Waals surface area (Å²) in [5, 5.41) is 7.07. The van der Waals surface area contributed by atoms with E-state index in [0.717, 1.165) is 24.1 Å². The number of anilines is 1. The number of allylic oxidation sites excluding steroid dienone is 3. The second kappa shape index (κ2) is 8.25. The van der Waals surface area contributed by atoms with Crippen LogP contribution in [0.1, 0.15) is 43.2 Å². The van der Waals surface area contributed by atoms with Gasteiger partial charge in [-0.2, -0.15) is 0 Å². The Labute approximate surface area is 185 Å². The Morgan fingerprint density at radius 3 is 2.67 bits per heavy atom. The second-order valence-corrected chi connectivity index (χ2v) is 8.45. The van der Waals surface area contributed by atoms with Gasteiger partial charge in [-0.25, -0.2) is 4.98 Å². The summed E-state index contributed by atoms with van der Waals surface area (Å²) >= 11 is 12.6. The minimum Gasteiger partial charge on any atom is -0.362 e. The number of carbonyl (C=O) groups is 2. The maximum atomic E-state index is 13.4. The van der Waals surface area contributed by atoms with Gasteiger partial charge in [0.2, 0.25) is 0 Å². The summed E-state index contributed by atoms with van der Waals surface area (Å²) in [5.41, 5.74) is 4.31. The first kappa shape index (κ1) is 20.6. The fraction of sp³-hybridized carbons (Fsp3) is 0.261. The number of Topliss-reactive ketones (excluding diaryl/α,β-unsaturated/α-hetero) is 1. The molecule has 0 spiro atoms. The van der Waals surface area contributed by atoms with Crippen LogP contribution in [0.15, 0.2) is 59.1 Å². The van der Waals surface area contributed by atoms with Crippen molar-refractivity contribution in [2.75, 3.05) is 5.32 Å². The highest BCUT2D eigenvalue weighted by Gasteiger charge is 2.39. The van der Waals surface area contributed by atoms with Crippen LogP contribution in [0.2, 0.25) is 10.0 Å². The molecule has 4 rings (SSSR count). The zero-order chi connectivity index (χ0) is 21.4. The van der Waals surface area contributed by atoms with Crippen LogP contribution in [0.4, 0.5) is 5.82 Å². The molecule has 2 N–H and O–H groups in total. The van der Waals surface area contributed by atoms with E-state index in [0.29, 0.717) is 44.7 Å². The molecule has 1 aromatic heterocycles. The normalized spacial score (nSPS) is 18.8. The van der Waals surface area contributed by atoms with E-state index in [-0.39, 0.29) is 11.7 Å². The molecule has 30 heavy (non-hydrogen) atoms. The average Bonchev–Trinajstić information content (AvgIpc) is 2.69. The van der Waals surface area contributed by atoms with E-state index in [1.807, 2.05) is 19.9 Å². The maximum absolute atomic E-state index is 13.4. The lowest BCUT2D eigenvalue weighted by atomic mass is 9.75. The van der Waals surface area contributed by atoms with Crippen LogP contribution in [-0.4, -0.2) is 16.7 Å². The molecule has 5 nitrogen and oxygen atoms in total. The van der Waals surface area contributed by atoms with Crippen LogP contribution in [0, 0.1) is 6.92 Å². The zero-order valence-electron chi connectivity index (χ0n) is 16.7. The predicted molar refractivity (Wildman–Crippen MR) is 119 cm³/mol. The van der Waals surface area contributed by atoms with Gasteiger partial charge in [-0.1, -0.05) is 35.3 Å². The van der Waals surface area contributed by atoms with Gasteiger partial charge in [-0.05, 0) is 56.0 Å². The van der Waals surface area contributed by atoms with Gasteiger partial charge in [0.25, 0.3) is 5.91 Å². The van der Waals surface area contributed by atoms with E-state index in [9.17, 15) is 9.59 Å². The lowest BCUT2D eigenvalue weighted by Crippen LogP contribution is -2.35. The largest absolute Gasteiger partial charge is 0.362 e. The van der Waals surface area contributed by atoms with Gasteiger partial charge in [0, 0.05) is 51.1 Å². The Kier molecular flexibility index (Phi) is 5.67. The van der Waals surface area contributed by atoms with Crippen molar-refractivity contribution in [2.24, 2.45) is 0 Å². The minimum absolute atomic E-state index is 0.0334. The molecule has 0 fully saturated rings. The van der Waals surface area contributed by atoms with E-state index in [1.165, 1.54) is 0 Å². The van der Waals surface area contributed by atoms with Crippen molar-refractivity contribution >= 4 is 40.7 Å². The number of hydrogen-bond acceptors (Lipinski definition) is 4. The molecule has 2 aromatic rings. The van der Waals surface area contributed by atoms with Crippen molar-refractivity contribution in [2.45, 2.75) is 39.0 Å². The number of rotatable bonds is 3. The number of halogens is 2. The highest BCUT2D eigenvalue weighted by molar-refractivity contribution is 6.35. The van der Waals surface area contributed by atoms with E-state index >= 15 is 0 Å². The number of pyridine rings is 1. The van der Waals surface area contributed by atoms with Crippen LogP contribution in [-0.2, 0) is 9.59 Å². The Balaban J connectivity index is 1.81. The van der Waals surface area contributed by atoms with Crippen LogP contribution >= 0.6 is 23.2 Å². The first-order valence-corrected chi connectivity index (χ1v) is 10.5. The quantitative estimate of drug-likeness (QED) is 0.677. The van der Waals surface area contributed by atoms with Crippen molar-refractivity contribution < 1.29 is 9.59 Å². The van der Waals surface area contributed by atoms with E-state index in [4.69, 9.17) is 23.2 Å². The maximum Gasteiger partial charge on any atom is 0.255 e. The number of aryl methyl sites for hydroxylation is 1. The summed E-state index contributed by atoms with van der Waals surface area (Å²) in [5.74, 6) is -0.408. The van der Waals surface area contributed by atoms with Crippen LogP contribution in [0.5, 0.6) is 0 Å². The monoisotopic (exact) mass is 441 g/mol. The standard InChI is InChI=1S/C23H21Cl2N3O2/c1-12-6-9-19(26-11-12)28-23(30)20-13(2)27-17-4-3-5-18(29)22(17)21(20)15-8-7-14(24)10-16(15)25/h6-11,21,27H,3-5H2,1-2H3,(H,26,28,30). The van der Waals surface area contributed by atoms with Gasteiger partial charge in [0.15, 0.2) is 5.78 Å². The number of hydrogen-bond donors (Lipinski definition) is 2. The number of amides is 1. The first-order chi connectivity index (χ1) is 14.3. The number of carbonyl (C=O) groups excluding carboxylic acids is 2. The number of ketones is 1. The average molecular weight is 442 g/mol. The molecule has 1 aliphatic heterocycles. The fourth-order valence-electron chi connectivity index (χ4n) is 4.06. The number of nitrogens with zero attached hydrogens (tertiary/aromatic N) is 1. The third kappa shape index (κ3) is 3.87. The summed E-state index contributed by atoms with van der Waals surface area (Å²) in [4.78, 5) is 30.5. The molecule has 1 aliphatic carbocycles. The van der Waals surface area contributed by atoms with Crippen LogP contribution in [0.3, 0.4) is 0 Å². The fourth-order valence-corrected chi connectivity index (χ4v) is 4.57. The number of dihydropyridines is 1. The summed E-state index contributed by atoms with van der Waals surface area (Å²) in [6.07, 6.45) is 3.69. The van der Waals surface area contributed by atoms with E-state index < -0.39 is 5.92 Å². The van der Waals surface area contributed by atoms with Gasteiger partial charge < -0.3 is 10.6 Å². The van der Waals surface area contributed by atoms with Crippen molar-refractivity contribution in [3.05, 3.63) is 80.2 Å². The Hall–Kier alpha value is -2.63. The number of aromatic nitrogens is 1. The van der Waals surface area contributed by atoms with Crippen molar-refractivity contribution in [1.29, 1.82) is 0 Å². The van der Waals surface area contributed by atoms with Gasteiger partial charge in [0.1, 0.15) is 5.82 Å². The molecule has 2 aliphatic rings. The summed E-state index contributed by atoms with van der Waals surface area (Å²) in [6.45, 7) is 3.77. The Bertz CT molecular complexity index is 1100. The third-order valence-electron chi connectivity index (χ3n) is 5.45. The molecule has 154 valence electrons. The zero-order valence-corrected chi connectivity index (χ0v) is 18.2. The third-order valence-corrected chi connectivity index (χ3v) is 6.01. The predicted octanol–water partition coefficient (Wildman–Crippen LogP) is 5.30. The summed E-state index contributed by atoms with van der Waals surface area (Å²) in [6, 6.07) is 8.78. The molecule has 7 heteroatoms. The lowest BCUT2D eigenvalue weighted by Gasteiger charge is -2.34. The Morgan fingerprint density at radius 2 is 1.97 bits per heavy atom. The lowest BCUT2D eigenvalue weighted by molar-refractivity contribution is -0.116.